The maximum absolute atomic E-state index is 8.89. The SMILES string of the molecule is [CH2-]C(=O)O.[CH2-]CCCCCCCCCCCCCC.[Ti+2]. The van der Waals surface area contributed by atoms with Crippen LogP contribution in [0, 0.1) is 13.8 Å². The molecule has 0 saturated carbocycles. The van der Waals surface area contributed by atoms with E-state index in [-0.39, 0.29) is 21.7 Å². The predicted octanol–water partition coefficient (Wildman–Crippen LogP) is 5.81. The van der Waals surface area contributed by atoms with Gasteiger partial charge in [0.25, 0.3) is 0 Å². The number of aliphatic carboxylic acids is 1. The Balaban J connectivity index is -0.000000508. The van der Waals surface area contributed by atoms with E-state index in [1.54, 1.807) is 0 Å². The molecule has 20 heavy (non-hydrogen) atoms. The zero-order chi connectivity index (χ0) is 14.8. The van der Waals surface area contributed by atoms with Crippen LogP contribution in [0.15, 0.2) is 0 Å². The van der Waals surface area contributed by atoms with E-state index in [1.165, 1.54) is 77.0 Å². The van der Waals surface area contributed by atoms with E-state index in [2.05, 4.69) is 20.8 Å². The van der Waals surface area contributed by atoms with Gasteiger partial charge in [0.05, 0.1) is 0 Å². The molecule has 0 fully saturated rings. The molecule has 0 aromatic rings. The van der Waals surface area contributed by atoms with Gasteiger partial charge >= 0.3 is 21.7 Å². The van der Waals surface area contributed by atoms with Crippen molar-refractivity contribution in [1.29, 1.82) is 0 Å². The molecular formula is C17H34O2Ti. The Bertz CT molecular complexity index is 156. The molecule has 0 radical (unpaired) electrons. The summed E-state index contributed by atoms with van der Waals surface area (Å²) in [7, 11) is 0. The van der Waals surface area contributed by atoms with E-state index in [9.17, 15) is 0 Å². The van der Waals surface area contributed by atoms with Crippen molar-refractivity contribution in [3.63, 3.8) is 0 Å². The van der Waals surface area contributed by atoms with Crippen LogP contribution in [0.2, 0.25) is 0 Å². The van der Waals surface area contributed by atoms with Crippen molar-refractivity contribution in [2.75, 3.05) is 0 Å². The van der Waals surface area contributed by atoms with Gasteiger partial charge in [-0.25, -0.2) is 0 Å². The molecule has 0 amide bonds. The second-order valence-electron chi connectivity index (χ2n) is 5.14. The van der Waals surface area contributed by atoms with Crippen molar-refractivity contribution in [2.24, 2.45) is 0 Å². The van der Waals surface area contributed by atoms with E-state index < -0.39 is 5.97 Å². The minimum Gasteiger partial charge on any atom is -0.503 e. The normalized spacial score (nSPS) is 9.30. The monoisotopic (exact) mass is 318 g/mol. The molecule has 0 aliphatic carbocycles. The van der Waals surface area contributed by atoms with E-state index >= 15 is 0 Å². The standard InChI is InChI=1S/C15H31.C2H3O2.Ti/c1-3-5-7-9-11-13-15-14-12-10-8-6-4-2;1-2(3)4;/h1,3-15H2,2H3;1H2,(H,3,4);/q2*-1;+2. The molecule has 118 valence electrons. The fourth-order valence-corrected chi connectivity index (χ4v) is 2.02. The largest absolute Gasteiger partial charge is 2.00 e. The molecule has 0 unspecified atom stereocenters. The first-order valence-electron chi connectivity index (χ1n) is 7.99. The van der Waals surface area contributed by atoms with Crippen molar-refractivity contribution in [2.45, 2.75) is 90.4 Å². The average Bonchev–Trinajstić information content (AvgIpc) is 2.35. The van der Waals surface area contributed by atoms with Gasteiger partial charge in [0.2, 0.25) is 0 Å². The van der Waals surface area contributed by atoms with Crippen molar-refractivity contribution in [3.8, 4) is 0 Å². The third-order valence-electron chi connectivity index (χ3n) is 3.10. The van der Waals surface area contributed by atoms with Crippen LogP contribution in [-0.4, -0.2) is 11.1 Å². The number of carboxylic acids is 1. The summed E-state index contributed by atoms with van der Waals surface area (Å²) < 4.78 is 0. The minimum absolute atomic E-state index is 0. The Hall–Kier alpha value is 0.0543. The topological polar surface area (TPSA) is 37.3 Å². The van der Waals surface area contributed by atoms with Crippen molar-refractivity contribution >= 4 is 5.97 Å². The van der Waals surface area contributed by atoms with Crippen LogP contribution in [0.5, 0.6) is 0 Å². The van der Waals surface area contributed by atoms with Gasteiger partial charge in [0, 0.05) is 0 Å². The Morgan fingerprint density at radius 1 is 0.800 bits per heavy atom. The fraction of sp³-hybridized carbons (Fsp3) is 0.824. The van der Waals surface area contributed by atoms with Crippen LogP contribution in [0.25, 0.3) is 0 Å². The number of hydrogen-bond acceptors (Lipinski definition) is 1. The zero-order valence-corrected chi connectivity index (χ0v) is 15.0. The maximum Gasteiger partial charge on any atom is 2.00 e. The average molecular weight is 318 g/mol. The Morgan fingerprint density at radius 3 is 1.30 bits per heavy atom. The van der Waals surface area contributed by atoms with Gasteiger partial charge in [-0.15, -0.1) is 0 Å². The fourth-order valence-electron chi connectivity index (χ4n) is 2.02. The molecule has 0 saturated heterocycles. The van der Waals surface area contributed by atoms with Gasteiger partial charge in [-0.3, -0.25) is 11.7 Å². The first-order valence-corrected chi connectivity index (χ1v) is 7.99. The quantitative estimate of drug-likeness (QED) is 0.280. The van der Waals surface area contributed by atoms with E-state index in [1.807, 2.05) is 0 Å². The molecule has 0 aliphatic heterocycles. The van der Waals surface area contributed by atoms with Gasteiger partial charge in [0.15, 0.2) is 5.97 Å². The third kappa shape index (κ3) is 36.1. The number of carbonyl (C=O) groups is 1. The molecule has 2 nitrogen and oxygen atoms in total. The smallest absolute Gasteiger partial charge is 0.503 e. The van der Waals surface area contributed by atoms with Gasteiger partial charge in [-0.2, -0.15) is 6.42 Å². The van der Waals surface area contributed by atoms with Crippen LogP contribution in [0.3, 0.4) is 0 Å². The van der Waals surface area contributed by atoms with Crippen LogP contribution in [-0.2, 0) is 26.5 Å². The molecule has 0 spiro atoms. The van der Waals surface area contributed by atoms with Crippen LogP contribution in [0.4, 0.5) is 0 Å². The van der Waals surface area contributed by atoms with E-state index in [4.69, 9.17) is 9.90 Å². The molecule has 1 N–H and O–H groups in total. The van der Waals surface area contributed by atoms with E-state index in [0.29, 0.717) is 0 Å². The molecule has 0 rings (SSSR count). The summed E-state index contributed by atoms with van der Waals surface area (Å²) in [6.07, 6.45) is 18.3. The summed E-state index contributed by atoms with van der Waals surface area (Å²) in [5.41, 5.74) is 0. The number of hydrogen-bond donors (Lipinski definition) is 1. The molecule has 0 aromatic heterocycles. The van der Waals surface area contributed by atoms with Crippen LogP contribution >= 0.6 is 0 Å². The molecule has 0 aliphatic rings. The number of rotatable bonds is 12. The van der Waals surface area contributed by atoms with Gasteiger partial charge in [0.1, 0.15) is 0 Å². The van der Waals surface area contributed by atoms with Crippen molar-refractivity contribution < 1.29 is 31.6 Å². The summed E-state index contributed by atoms with van der Waals surface area (Å²) in [5, 5.41) is 7.31. The first kappa shape index (κ1) is 25.0. The third-order valence-corrected chi connectivity index (χ3v) is 3.10. The summed E-state index contributed by atoms with van der Waals surface area (Å²) in [6.45, 7) is 8.71. The number of carboxylic acid groups (broad SMARTS) is 1. The second-order valence-corrected chi connectivity index (χ2v) is 5.14. The molecule has 0 heterocycles. The summed E-state index contributed by atoms with van der Waals surface area (Å²) >= 11 is 0. The van der Waals surface area contributed by atoms with Crippen LogP contribution < -0.4 is 0 Å². The van der Waals surface area contributed by atoms with Gasteiger partial charge in [-0.05, 0) is 0 Å². The maximum atomic E-state index is 8.89. The summed E-state index contributed by atoms with van der Waals surface area (Å²) in [4.78, 5) is 8.89. The van der Waals surface area contributed by atoms with Crippen molar-refractivity contribution in [1.82, 2.24) is 0 Å². The molecule has 0 bridgehead atoms. The Morgan fingerprint density at radius 2 is 1.05 bits per heavy atom. The van der Waals surface area contributed by atoms with E-state index in [0.717, 1.165) is 6.42 Å². The summed E-state index contributed by atoms with van der Waals surface area (Å²) in [5.74, 6) is -1.08. The Kier molecular flexibility index (Phi) is 30.2. The minimum atomic E-state index is -1.08. The molecular weight excluding hydrogens is 284 g/mol. The number of unbranched alkanes of at least 4 members (excludes halogenated alkanes) is 12. The Labute approximate surface area is 142 Å². The van der Waals surface area contributed by atoms with Gasteiger partial charge < -0.3 is 12.0 Å². The molecule has 0 aromatic carbocycles. The van der Waals surface area contributed by atoms with Crippen LogP contribution in [0.1, 0.15) is 90.4 Å². The summed E-state index contributed by atoms with van der Waals surface area (Å²) in [6, 6.07) is 0. The zero-order valence-electron chi connectivity index (χ0n) is 13.5. The first-order chi connectivity index (χ1) is 9.15. The van der Waals surface area contributed by atoms with Crippen molar-refractivity contribution in [3.05, 3.63) is 13.8 Å². The molecule has 3 heteroatoms. The molecule has 0 atom stereocenters. The van der Waals surface area contributed by atoms with Gasteiger partial charge in [-0.1, -0.05) is 84.0 Å². The second kappa shape index (κ2) is 24.1. The predicted molar refractivity (Wildman–Crippen MR) is 84.0 cm³/mol.